The third-order valence-electron chi connectivity index (χ3n) is 1.72. The maximum Gasteiger partial charge on any atom is 0.408 e. The Bertz CT molecular complexity index is 372. The van der Waals surface area contributed by atoms with E-state index < -0.39 is 11.7 Å². The highest BCUT2D eigenvalue weighted by atomic mass is 16.6. The van der Waals surface area contributed by atoms with Crippen LogP contribution in [0.2, 0.25) is 0 Å². The molecule has 1 N–H and O–H groups in total. The van der Waals surface area contributed by atoms with Crippen molar-refractivity contribution in [2.45, 2.75) is 39.3 Å². The molecule has 2 radical (unpaired) electrons. The monoisotopic (exact) mass is 222 g/mol. The van der Waals surface area contributed by atoms with Crippen molar-refractivity contribution in [3.05, 3.63) is 12.2 Å². The van der Waals surface area contributed by atoms with E-state index in [2.05, 4.69) is 15.4 Å². The summed E-state index contributed by atoms with van der Waals surface area (Å²) >= 11 is 0. The van der Waals surface area contributed by atoms with Crippen LogP contribution in [-0.4, -0.2) is 34.4 Å². The highest BCUT2D eigenvalue weighted by Crippen LogP contribution is 2.10. The molecule has 0 aliphatic carbocycles. The molecule has 16 heavy (non-hydrogen) atoms. The summed E-state index contributed by atoms with van der Waals surface area (Å²) in [5, 5.41) is 6.33. The molecular formula is C9H15BN4O2. The molecule has 1 atom stereocenters. The third kappa shape index (κ3) is 3.56. The first-order valence-corrected chi connectivity index (χ1v) is 4.94. The van der Waals surface area contributed by atoms with Gasteiger partial charge in [0.2, 0.25) is 0 Å². The average molecular weight is 222 g/mol. The number of nitrogens with zero attached hydrogens (tertiary/aromatic N) is 3. The van der Waals surface area contributed by atoms with E-state index in [4.69, 9.17) is 12.7 Å². The zero-order valence-corrected chi connectivity index (χ0v) is 9.89. The number of hydrogen-bond donors (Lipinski definition) is 1. The van der Waals surface area contributed by atoms with E-state index >= 15 is 0 Å². The molecule has 1 aromatic rings. The number of alkyl carbamates (subject to hydrolysis) is 1. The molecule has 0 spiro atoms. The molecule has 0 aliphatic heterocycles. The Morgan fingerprint density at radius 3 is 2.69 bits per heavy atom. The lowest BCUT2D eigenvalue weighted by atomic mass is 10.2. The minimum atomic E-state index is -0.528. The summed E-state index contributed by atoms with van der Waals surface area (Å²) in [7, 11) is 5.50. The molecular weight excluding hydrogens is 207 g/mol. The fourth-order valence-corrected chi connectivity index (χ4v) is 1.12. The van der Waals surface area contributed by atoms with Gasteiger partial charge in [-0.3, -0.25) is 0 Å². The summed E-state index contributed by atoms with van der Waals surface area (Å²) < 4.78 is 6.21. The maximum absolute atomic E-state index is 11.4. The lowest BCUT2D eigenvalue weighted by Gasteiger charge is -2.21. The molecule has 0 aromatic carbocycles. The van der Waals surface area contributed by atoms with Gasteiger partial charge >= 0.3 is 6.09 Å². The van der Waals surface area contributed by atoms with Gasteiger partial charge in [0.1, 0.15) is 17.8 Å². The predicted molar refractivity (Wildman–Crippen MR) is 59.0 cm³/mol. The second-order valence-corrected chi connectivity index (χ2v) is 4.43. The van der Waals surface area contributed by atoms with Crippen molar-refractivity contribution in [1.29, 1.82) is 0 Å². The van der Waals surface area contributed by atoms with Crippen molar-refractivity contribution in [2.75, 3.05) is 0 Å². The van der Waals surface area contributed by atoms with Gasteiger partial charge in [0, 0.05) is 0 Å². The molecule has 0 fully saturated rings. The summed E-state index contributed by atoms with van der Waals surface area (Å²) in [5.41, 5.74) is -0.528. The highest BCUT2D eigenvalue weighted by molar-refractivity contribution is 6.06. The van der Waals surface area contributed by atoms with Gasteiger partial charge in [-0.15, -0.1) is 0 Å². The van der Waals surface area contributed by atoms with Crippen molar-refractivity contribution in [3.8, 4) is 0 Å². The van der Waals surface area contributed by atoms with Gasteiger partial charge < -0.3 is 14.6 Å². The smallest absolute Gasteiger partial charge is 0.408 e. The lowest BCUT2D eigenvalue weighted by molar-refractivity contribution is 0.0505. The van der Waals surface area contributed by atoms with Crippen LogP contribution < -0.4 is 5.32 Å². The van der Waals surface area contributed by atoms with Crippen LogP contribution in [0.15, 0.2) is 6.33 Å². The molecule has 0 aliphatic rings. The lowest BCUT2D eigenvalue weighted by Crippen LogP contribution is -2.34. The van der Waals surface area contributed by atoms with E-state index in [-0.39, 0.29) is 6.04 Å². The Kier molecular flexibility index (Phi) is 3.56. The molecule has 0 bridgehead atoms. The van der Waals surface area contributed by atoms with E-state index in [0.29, 0.717) is 5.82 Å². The van der Waals surface area contributed by atoms with Gasteiger partial charge in [0.15, 0.2) is 0 Å². The van der Waals surface area contributed by atoms with E-state index in [1.54, 1.807) is 27.7 Å². The molecule has 86 valence electrons. The second kappa shape index (κ2) is 4.55. The zero-order chi connectivity index (χ0) is 12.3. The minimum absolute atomic E-state index is 0.359. The molecule has 1 rings (SSSR count). The molecule has 6 nitrogen and oxygen atoms in total. The number of nitrogens with one attached hydrogen (secondary N) is 1. The van der Waals surface area contributed by atoms with Gasteiger partial charge in [-0.25, -0.2) is 9.78 Å². The molecule has 1 amide bonds. The van der Waals surface area contributed by atoms with Crippen LogP contribution in [0.25, 0.3) is 0 Å². The van der Waals surface area contributed by atoms with Gasteiger partial charge in [-0.1, -0.05) is 0 Å². The van der Waals surface area contributed by atoms with Gasteiger partial charge in [-0.05, 0) is 27.7 Å². The Morgan fingerprint density at radius 2 is 2.25 bits per heavy atom. The molecule has 1 unspecified atom stereocenters. The second-order valence-electron chi connectivity index (χ2n) is 4.43. The Labute approximate surface area is 95.8 Å². The first kappa shape index (κ1) is 12.5. The summed E-state index contributed by atoms with van der Waals surface area (Å²) in [6.45, 7) is 7.13. The number of ether oxygens (including phenoxy) is 1. The minimum Gasteiger partial charge on any atom is -0.444 e. The quantitative estimate of drug-likeness (QED) is 0.751. The number of hydrogen-bond acceptors (Lipinski definition) is 4. The number of rotatable bonds is 2. The summed E-state index contributed by atoms with van der Waals surface area (Å²) in [6, 6.07) is -0.359. The average Bonchev–Trinajstić information content (AvgIpc) is 2.47. The molecule has 7 heteroatoms. The standard InChI is InChI=1S/C9H15BN4O2/c1-6(7-11-5-12-14(7)10)13-8(15)16-9(2,3)4/h5-6H,1-4H3,(H,13,15). The van der Waals surface area contributed by atoms with E-state index in [0.717, 1.165) is 4.59 Å². The number of aromatic nitrogens is 3. The van der Waals surface area contributed by atoms with Crippen LogP contribution in [0.5, 0.6) is 0 Å². The number of amides is 1. The van der Waals surface area contributed by atoms with E-state index in [9.17, 15) is 4.79 Å². The fraction of sp³-hybridized carbons (Fsp3) is 0.667. The number of carbonyl (C=O) groups is 1. The van der Waals surface area contributed by atoms with Crippen LogP contribution >= 0.6 is 0 Å². The summed E-state index contributed by atoms with van der Waals surface area (Å²) in [5.74, 6) is 0.464. The van der Waals surface area contributed by atoms with Crippen LogP contribution in [0.1, 0.15) is 39.6 Å². The normalized spacial score (nSPS) is 13.2. The first-order valence-electron chi connectivity index (χ1n) is 4.94. The SMILES string of the molecule is [B]n1ncnc1C(C)NC(=O)OC(C)(C)C. The number of carbonyl (C=O) groups excluding carboxylic acids is 1. The van der Waals surface area contributed by atoms with Crippen molar-refractivity contribution in [3.63, 3.8) is 0 Å². The molecule has 1 aromatic heterocycles. The largest absolute Gasteiger partial charge is 0.444 e. The maximum atomic E-state index is 11.4. The Morgan fingerprint density at radius 1 is 1.62 bits per heavy atom. The topological polar surface area (TPSA) is 69.0 Å². The van der Waals surface area contributed by atoms with Crippen LogP contribution in [-0.2, 0) is 4.74 Å². The fourth-order valence-electron chi connectivity index (χ4n) is 1.12. The molecule has 0 saturated heterocycles. The first-order chi connectivity index (χ1) is 7.29. The van der Waals surface area contributed by atoms with Crippen LogP contribution in [0.4, 0.5) is 4.79 Å². The van der Waals surface area contributed by atoms with Gasteiger partial charge in [0.05, 0.1) is 6.04 Å². The van der Waals surface area contributed by atoms with Gasteiger partial charge in [0.25, 0.3) is 7.98 Å². The predicted octanol–water partition coefficient (Wildman–Crippen LogP) is 0.795. The van der Waals surface area contributed by atoms with Crippen molar-refractivity contribution in [1.82, 2.24) is 20.0 Å². The zero-order valence-electron chi connectivity index (χ0n) is 9.89. The summed E-state index contributed by atoms with van der Waals surface area (Å²) in [4.78, 5) is 15.4. The van der Waals surface area contributed by atoms with Gasteiger partial charge in [-0.2, -0.15) is 5.10 Å². The molecule has 0 saturated carbocycles. The van der Waals surface area contributed by atoms with E-state index in [1.807, 2.05) is 0 Å². The van der Waals surface area contributed by atoms with Crippen molar-refractivity contribution in [2.24, 2.45) is 0 Å². The Hall–Kier alpha value is -1.53. The summed E-state index contributed by atoms with van der Waals surface area (Å²) in [6.07, 6.45) is 0.811. The van der Waals surface area contributed by atoms with Crippen molar-refractivity contribution >= 4 is 14.1 Å². The third-order valence-corrected chi connectivity index (χ3v) is 1.72. The van der Waals surface area contributed by atoms with Crippen LogP contribution in [0.3, 0.4) is 0 Å². The molecule has 1 heterocycles. The van der Waals surface area contributed by atoms with Crippen molar-refractivity contribution < 1.29 is 9.53 Å². The van der Waals surface area contributed by atoms with Crippen LogP contribution in [0, 0.1) is 0 Å². The van der Waals surface area contributed by atoms with E-state index in [1.165, 1.54) is 6.33 Å². The highest BCUT2D eigenvalue weighted by Gasteiger charge is 2.19. The Balaban J connectivity index is 2.56.